The average molecular weight is 164 g/mol. The SMILES string of the molecule is CCNC(C)c1cccnc1C. The molecule has 2 heteroatoms. The summed E-state index contributed by atoms with van der Waals surface area (Å²) in [4.78, 5) is 4.24. The number of hydrogen-bond donors (Lipinski definition) is 1. The van der Waals surface area contributed by atoms with Gasteiger partial charge in [0.15, 0.2) is 0 Å². The van der Waals surface area contributed by atoms with Crippen LogP contribution in [0.1, 0.15) is 31.1 Å². The van der Waals surface area contributed by atoms with Crippen molar-refractivity contribution in [3.05, 3.63) is 29.6 Å². The Morgan fingerprint density at radius 1 is 1.58 bits per heavy atom. The predicted octanol–water partition coefficient (Wildman–Crippen LogP) is 2.06. The van der Waals surface area contributed by atoms with Crippen LogP contribution in [0.3, 0.4) is 0 Å². The highest BCUT2D eigenvalue weighted by atomic mass is 14.9. The average Bonchev–Trinajstić information content (AvgIpc) is 2.05. The maximum absolute atomic E-state index is 4.24. The Balaban J connectivity index is 2.79. The molecule has 0 aliphatic rings. The van der Waals surface area contributed by atoms with E-state index in [1.54, 1.807) is 0 Å². The van der Waals surface area contributed by atoms with Crippen molar-refractivity contribution in [1.29, 1.82) is 0 Å². The lowest BCUT2D eigenvalue weighted by Gasteiger charge is -2.13. The Hall–Kier alpha value is -0.890. The maximum atomic E-state index is 4.24. The zero-order valence-corrected chi connectivity index (χ0v) is 7.96. The second kappa shape index (κ2) is 4.21. The van der Waals surface area contributed by atoms with Crippen LogP contribution in [-0.4, -0.2) is 11.5 Å². The number of aromatic nitrogens is 1. The molecule has 1 heterocycles. The lowest BCUT2D eigenvalue weighted by atomic mass is 10.1. The van der Waals surface area contributed by atoms with Crippen LogP contribution in [0.5, 0.6) is 0 Å². The Kier molecular flexibility index (Phi) is 3.23. The molecular weight excluding hydrogens is 148 g/mol. The predicted molar refractivity (Wildman–Crippen MR) is 51.1 cm³/mol. The summed E-state index contributed by atoms with van der Waals surface area (Å²) in [6, 6.07) is 4.51. The van der Waals surface area contributed by atoms with Crippen molar-refractivity contribution in [1.82, 2.24) is 10.3 Å². The lowest BCUT2D eigenvalue weighted by Crippen LogP contribution is -2.18. The second-order valence-electron chi connectivity index (χ2n) is 2.96. The van der Waals surface area contributed by atoms with Gasteiger partial charge in [0.1, 0.15) is 0 Å². The van der Waals surface area contributed by atoms with Crippen LogP contribution in [0.15, 0.2) is 18.3 Å². The number of pyridine rings is 1. The molecule has 66 valence electrons. The molecule has 1 N–H and O–H groups in total. The van der Waals surface area contributed by atoms with Gasteiger partial charge in [-0.25, -0.2) is 0 Å². The van der Waals surface area contributed by atoms with Crippen LogP contribution >= 0.6 is 0 Å². The van der Waals surface area contributed by atoms with Gasteiger partial charge in [-0.2, -0.15) is 0 Å². The fourth-order valence-electron chi connectivity index (χ4n) is 1.37. The van der Waals surface area contributed by atoms with Gasteiger partial charge in [0.25, 0.3) is 0 Å². The van der Waals surface area contributed by atoms with Crippen LogP contribution in [0.2, 0.25) is 0 Å². The third-order valence-electron chi connectivity index (χ3n) is 2.02. The molecule has 1 rings (SSSR count). The van der Waals surface area contributed by atoms with E-state index in [1.807, 2.05) is 19.2 Å². The highest BCUT2D eigenvalue weighted by Crippen LogP contribution is 2.13. The molecule has 0 saturated carbocycles. The largest absolute Gasteiger partial charge is 0.310 e. The second-order valence-corrected chi connectivity index (χ2v) is 2.96. The van der Waals surface area contributed by atoms with Gasteiger partial charge in [-0.05, 0) is 32.0 Å². The minimum Gasteiger partial charge on any atom is -0.310 e. The highest BCUT2D eigenvalue weighted by molar-refractivity contribution is 5.21. The van der Waals surface area contributed by atoms with E-state index in [2.05, 4.69) is 30.2 Å². The molecule has 1 aromatic heterocycles. The van der Waals surface area contributed by atoms with E-state index < -0.39 is 0 Å². The minimum atomic E-state index is 0.406. The fourth-order valence-corrected chi connectivity index (χ4v) is 1.37. The van der Waals surface area contributed by atoms with E-state index in [1.165, 1.54) is 5.56 Å². The molecule has 1 atom stereocenters. The summed E-state index contributed by atoms with van der Waals surface area (Å²) in [6.07, 6.45) is 1.83. The Morgan fingerprint density at radius 3 is 2.92 bits per heavy atom. The van der Waals surface area contributed by atoms with Crippen LogP contribution in [0, 0.1) is 6.92 Å². The zero-order valence-electron chi connectivity index (χ0n) is 7.96. The summed E-state index contributed by atoms with van der Waals surface area (Å²) in [5, 5.41) is 3.36. The Bertz CT molecular complexity index is 245. The van der Waals surface area contributed by atoms with Crippen LogP contribution in [-0.2, 0) is 0 Å². The summed E-state index contributed by atoms with van der Waals surface area (Å²) in [5.41, 5.74) is 2.41. The van der Waals surface area contributed by atoms with Crippen LogP contribution in [0.25, 0.3) is 0 Å². The third-order valence-corrected chi connectivity index (χ3v) is 2.02. The van der Waals surface area contributed by atoms with Crippen molar-refractivity contribution >= 4 is 0 Å². The van der Waals surface area contributed by atoms with Gasteiger partial charge in [-0.15, -0.1) is 0 Å². The van der Waals surface area contributed by atoms with Gasteiger partial charge in [-0.3, -0.25) is 4.98 Å². The molecular formula is C10H16N2. The third kappa shape index (κ3) is 2.05. The van der Waals surface area contributed by atoms with Gasteiger partial charge < -0.3 is 5.32 Å². The number of nitrogens with zero attached hydrogens (tertiary/aromatic N) is 1. The topological polar surface area (TPSA) is 24.9 Å². The molecule has 0 aliphatic carbocycles. The van der Waals surface area contributed by atoms with Crippen LogP contribution in [0.4, 0.5) is 0 Å². The molecule has 1 unspecified atom stereocenters. The van der Waals surface area contributed by atoms with E-state index in [9.17, 15) is 0 Å². The molecule has 0 aliphatic heterocycles. The molecule has 1 aromatic rings. The van der Waals surface area contributed by atoms with Crippen molar-refractivity contribution in [2.24, 2.45) is 0 Å². The van der Waals surface area contributed by atoms with E-state index in [0.29, 0.717) is 6.04 Å². The van der Waals surface area contributed by atoms with Gasteiger partial charge >= 0.3 is 0 Å². The van der Waals surface area contributed by atoms with Gasteiger partial charge in [0.2, 0.25) is 0 Å². The standard InChI is InChI=1S/C10H16N2/c1-4-11-8(2)10-6-5-7-12-9(10)3/h5-8,11H,4H2,1-3H3. The number of nitrogens with one attached hydrogen (secondary N) is 1. The van der Waals surface area contributed by atoms with Gasteiger partial charge in [-0.1, -0.05) is 13.0 Å². The molecule has 0 fully saturated rings. The van der Waals surface area contributed by atoms with Crippen molar-refractivity contribution in [3.63, 3.8) is 0 Å². The Labute approximate surface area is 74.0 Å². The number of rotatable bonds is 3. The van der Waals surface area contributed by atoms with Gasteiger partial charge in [0, 0.05) is 17.9 Å². The smallest absolute Gasteiger partial charge is 0.0420 e. The minimum absolute atomic E-state index is 0.406. The van der Waals surface area contributed by atoms with Crippen molar-refractivity contribution < 1.29 is 0 Å². The van der Waals surface area contributed by atoms with E-state index >= 15 is 0 Å². The molecule has 2 nitrogen and oxygen atoms in total. The van der Waals surface area contributed by atoms with Crippen molar-refractivity contribution in [2.75, 3.05) is 6.54 Å². The first-order chi connectivity index (χ1) is 5.75. The first-order valence-electron chi connectivity index (χ1n) is 4.40. The molecule has 0 bridgehead atoms. The van der Waals surface area contributed by atoms with Crippen molar-refractivity contribution in [2.45, 2.75) is 26.8 Å². The summed E-state index contributed by atoms with van der Waals surface area (Å²) in [5.74, 6) is 0. The summed E-state index contributed by atoms with van der Waals surface area (Å²) < 4.78 is 0. The van der Waals surface area contributed by atoms with E-state index in [4.69, 9.17) is 0 Å². The molecule has 0 aromatic carbocycles. The quantitative estimate of drug-likeness (QED) is 0.739. The first kappa shape index (κ1) is 9.20. The maximum Gasteiger partial charge on any atom is 0.0420 e. The normalized spacial score (nSPS) is 12.9. The van der Waals surface area contributed by atoms with E-state index in [0.717, 1.165) is 12.2 Å². The monoisotopic (exact) mass is 164 g/mol. The van der Waals surface area contributed by atoms with Crippen molar-refractivity contribution in [3.8, 4) is 0 Å². The number of aryl methyl sites for hydroxylation is 1. The summed E-state index contributed by atoms with van der Waals surface area (Å²) in [7, 11) is 0. The molecule has 0 radical (unpaired) electrons. The summed E-state index contributed by atoms with van der Waals surface area (Å²) in [6.45, 7) is 7.31. The number of hydrogen-bond acceptors (Lipinski definition) is 2. The fraction of sp³-hybridized carbons (Fsp3) is 0.500. The lowest BCUT2D eigenvalue weighted by molar-refractivity contribution is 0.592. The van der Waals surface area contributed by atoms with Crippen LogP contribution < -0.4 is 5.32 Å². The van der Waals surface area contributed by atoms with E-state index in [-0.39, 0.29) is 0 Å². The molecule has 0 amide bonds. The van der Waals surface area contributed by atoms with Gasteiger partial charge in [0.05, 0.1) is 0 Å². The molecule has 0 saturated heterocycles. The Morgan fingerprint density at radius 2 is 2.33 bits per heavy atom. The molecule has 0 spiro atoms. The summed E-state index contributed by atoms with van der Waals surface area (Å²) >= 11 is 0. The highest BCUT2D eigenvalue weighted by Gasteiger charge is 2.05. The first-order valence-corrected chi connectivity index (χ1v) is 4.40. The zero-order chi connectivity index (χ0) is 8.97. The molecule has 12 heavy (non-hydrogen) atoms.